The van der Waals surface area contributed by atoms with Gasteiger partial charge in [0, 0.05) is 12.1 Å². The molecule has 0 spiro atoms. The molecule has 2 heterocycles. The number of nitrogens with one attached hydrogen (secondary N) is 1. The lowest BCUT2D eigenvalue weighted by Gasteiger charge is -2.16. The van der Waals surface area contributed by atoms with Gasteiger partial charge in [-0.25, -0.2) is 8.42 Å². The van der Waals surface area contributed by atoms with E-state index in [0.717, 1.165) is 11.3 Å². The van der Waals surface area contributed by atoms with E-state index in [2.05, 4.69) is 5.32 Å². The van der Waals surface area contributed by atoms with E-state index in [1.807, 2.05) is 0 Å². The van der Waals surface area contributed by atoms with E-state index < -0.39 is 15.1 Å². The molecule has 0 aliphatic heterocycles. The molecule has 0 bridgehead atoms. The first-order chi connectivity index (χ1) is 12.5. The molecular formula is C18H17NO5S2. The van der Waals surface area contributed by atoms with Crippen LogP contribution in [0.1, 0.15) is 21.4 Å². The van der Waals surface area contributed by atoms with E-state index in [9.17, 15) is 13.2 Å². The molecule has 2 aromatic heterocycles. The van der Waals surface area contributed by atoms with E-state index >= 15 is 0 Å². The van der Waals surface area contributed by atoms with Crippen molar-refractivity contribution in [2.75, 3.05) is 13.7 Å². The molecule has 0 radical (unpaired) electrons. The third kappa shape index (κ3) is 3.81. The second kappa shape index (κ2) is 7.76. The largest absolute Gasteiger partial charge is 0.497 e. The molecule has 0 fully saturated rings. The van der Waals surface area contributed by atoms with Crippen LogP contribution < -0.4 is 10.1 Å². The minimum Gasteiger partial charge on any atom is -0.497 e. The molecule has 1 unspecified atom stereocenters. The average molecular weight is 391 g/mol. The maximum Gasteiger partial charge on any atom is 0.251 e. The fraction of sp³-hybridized carbons (Fsp3) is 0.167. The van der Waals surface area contributed by atoms with Crippen LogP contribution in [0.4, 0.5) is 0 Å². The van der Waals surface area contributed by atoms with E-state index in [4.69, 9.17) is 9.15 Å². The third-order valence-electron chi connectivity index (χ3n) is 3.79. The van der Waals surface area contributed by atoms with E-state index in [1.54, 1.807) is 53.9 Å². The maximum absolute atomic E-state index is 12.9. The maximum atomic E-state index is 12.9. The van der Waals surface area contributed by atoms with Crippen LogP contribution >= 0.6 is 11.3 Å². The molecule has 3 rings (SSSR count). The zero-order valence-electron chi connectivity index (χ0n) is 13.9. The second-order valence-electron chi connectivity index (χ2n) is 5.42. The van der Waals surface area contributed by atoms with Gasteiger partial charge >= 0.3 is 0 Å². The van der Waals surface area contributed by atoms with Crippen LogP contribution in [0.15, 0.2) is 68.8 Å². The smallest absolute Gasteiger partial charge is 0.251 e. The minimum atomic E-state index is -3.69. The lowest BCUT2D eigenvalue weighted by Crippen LogP contribution is -2.31. The van der Waals surface area contributed by atoms with Crippen molar-refractivity contribution in [2.45, 2.75) is 9.46 Å². The lowest BCUT2D eigenvalue weighted by molar-refractivity contribution is 0.0953. The van der Waals surface area contributed by atoms with Crippen molar-refractivity contribution in [2.24, 2.45) is 0 Å². The second-order valence-corrected chi connectivity index (χ2v) is 8.73. The minimum absolute atomic E-state index is 0.107. The van der Waals surface area contributed by atoms with Gasteiger partial charge in [-0.15, -0.1) is 11.3 Å². The van der Waals surface area contributed by atoms with Crippen LogP contribution in [-0.4, -0.2) is 28.0 Å². The summed E-state index contributed by atoms with van der Waals surface area (Å²) < 4.78 is 36.5. The number of furan rings is 1. The fourth-order valence-corrected chi connectivity index (χ4v) is 5.25. The predicted octanol–water partition coefficient (Wildman–Crippen LogP) is 3.29. The first-order valence-corrected chi connectivity index (χ1v) is 10.2. The molecule has 26 heavy (non-hydrogen) atoms. The summed E-state index contributed by atoms with van der Waals surface area (Å²) in [6.45, 7) is -0.107. The number of methoxy groups -OCH3 is 1. The number of thiophene rings is 1. The summed E-state index contributed by atoms with van der Waals surface area (Å²) in [5, 5.41) is 3.36. The molecule has 3 aromatic rings. The number of carbonyl (C=O) groups excluding carboxylic acids is 1. The Morgan fingerprint density at radius 3 is 2.73 bits per heavy atom. The first kappa shape index (κ1) is 18.2. The van der Waals surface area contributed by atoms with Crippen LogP contribution in [0.25, 0.3) is 0 Å². The molecule has 8 heteroatoms. The van der Waals surface area contributed by atoms with Gasteiger partial charge in [0.2, 0.25) is 0 Å². The normalized spacial score (nSPS) is 12.5. The average Bonchev–Trinajstić information content (AvgIpc) is 3.35. The zero-order chi connectivity index (χ0) is 18.6. The molecule has 136 valence electrons. The molecule has 6 nitrogen and oxygen atoms in total. The molecule has 1 atom stereocenters. The molecule has 0 saturated carbocycles. The number of benzene rings is 1. The van der Waals surface area contributed by atoms with Crippen molar-refractivity contribution in [1.29, 1.82) is 0 Å². The Morgan fingerprint density at radius 1 is 1.23 bits per heavy atom. The summed E-state index contributed by atoms with van der Waals surface area (Å²) in [4.78, 5) is 12.4. The molecule has 1 N–H and O–H groups in total. The summed E-state index contributed by atoms with van der Waals surface area (Å²) in [6.07, 6.45) is 1.41. The van der Waals surface area contributed by atoms with Gasteiger partial charge in [0.25, 0.3) is 5.91 Å². The van der Waals surface area contributed by atoms with Gasteiger partial charge < -0.3 is 14.5 Å². The standard InChI is InChI=1S/C18H17NO5S2/c1-23-14-6-2-5-13(11-14)18(20)19-12-16(15-7-3-9-24-15)26(21,22)17-8-4-10-25-17/h2-11,16H,12H2,1H3,(H,19,20). The zero-order valence-corrected chi connectivity index (χ0v) is 15.5. The predicted molar refractivity (Wildman–Crippen MR) is 98.3 cm³/mol. The molecular weight excluding hydrogens is 374 g/mol. The fourth-order valence-electron chi connectivity index (χ4n) is 2.46. The summed E-state index contributed by atoms with van der Waals surface area (Å²) >= 11 is 1.13. The highest BCUT2D eigenvalue weighted by atomic mass is 32.2. The number of sulfone groups is 1. The SMILES string of the molecule is COc1cccc(C(=O)NCC(c2ccco2)S(=O)(=O)c2cccs2)c1. The summed E-state index contributed by atoms with van der Waals surface area (Å²) in [5.41, 5.74) is 0.385. The Labute approximate surface area is 155 Å². The quantitative estimate of drug-likeness (QED) is 0.668. The van der Waals surface area contributed by atoms with E-state index in [-0.39, 0.29) is 22.4 Å². The Bertz CT molecular complexity index is 963. The van der Waals surface area contributed by atoms with Gasteiger partial charge in [-0.3, -0.25) is 4.79 Å². The van der Waals surface area contributed by atoms with Crippen molar-refractivity contribution >= 4 is 27.1 Å². The van der Waals surface area contributed by atoms with Gasteiger partial charge in [-0.1, -0.05) is 12.1 Å². The lowest BCUT2D eigenvalue weighted by atomic mass is 10.2. The van der Waals surface area contributed by atoms with Crippen LogP contribution in [-0.2, 0) is 9.84 Å². The van der Waals surface area contributed by atoms with Gasteiger partial charge in [-0.2, -0.15) is 0 Å². The van der Waals surface area contributed by atoms with Crippen molar-refractivity contribution in [1.82, 2.24) is 5.32 Å². The summed E-state index contributed by atoms with van der Waals surface area (Å²) in [5.74, 6) is 0.442. The summed E-state index contributed by atoms with van der Waals surface area (Å²) in [7, 11) is -2.17. The van der Waals surface area contributed by atoms with Gasteiger partial charge in [0.15, 0.2) is 9.84 Å². The van der Waals surface area contributed by atoms with Crippen LogP contribution in [0, 0.1) is 0 Å². The Hall–Kier alpha value is -2.58. The number of ether oxygens (including phenoxy) is 1. The van der Waals surface area contributed by atoms with E-state index in [1.165, 1.54) is 13.4 Å². The van der Waals surface area contributed by atoms with Crippen molar-refractivity contribution < 1.29 is 22.4 Å². The van der Waals surface area contributed by atoms with Crippen molar-refractivity contribution in [3.8, 4) is 5.75 Å². The van der Waals surface area contributed by atoms with Crippen molar-refractivity contribution in [3.63, 3.8) is 0 Å². The molecule has 0 aliphatic rings. The highest BCUT2D eigenvalue weighted by Gasteiger charge is 2.32. The van der Waals surface area contributed by atoms with Gasteiger partial charge in [-0.05, 0) is 41.8 Å². The van der Waals surface area contributed by atoms with Gasteiger partial charge in [0.1, 0.15) is 21.0 Å². The van der Waals surface area contributed by atoms with Crippen molar-refractivity contribution in [3.05, 3.63) is 71.5 Å². The Balaban J connectivity index is 1.82. The molecule has 1 amide bonds. The number of rotatable bonds is 7. The monoisotopic (exact) mass is 391 g/mol. The van der Waals surface area contributed by atoms with E-state index in [0.29, 0.717) is 11.3 Å². The number of hydrogen-bond donors (Lipinski definition) is 1. The van der Waals surface area contributed by atoms with Crippen LogP contribution in [0.2, 0.25) is 0 Å². The topological polar surface area (TPSA) is 85.6 Å². The van der Waals surface area contributed by atoms with Gasteiger partial charge in [0.05, 0.1) is 13.4 Å². The number of hydrogen-bond acceptors (Lipinski definition) is 6. The summed E-state index contributed by atoms with van der Waals surface area (Å²) in [6, 6.07) is 13.1. The molecule has 0 saturated heterocycles. The Kier molecular flexibility index (Phi) is 5.43. The van der Waals surface area contributed by atoms with Crippen LogP contribution in [0.5, 0.6) is 5.75 Å². The number of carbonyl (C=O) groups is 1. The van der Waals surface area contributed by atoms with Crippen LogP contribution in [0.3, 0.4) is 0 Å². The first-order valence-electron chi connectivity index (χ1n) is 7.75. The molecule has 0 aliphatic carbocycles. The molecule has 1 aromatic carbocycles. The Morgan fingerprint density at radius 2 is 2.08 bits per heavy atom. The third-order valence-corrected chi connectivity index (χ3v) is 7.28. The number of amides is 1. The highest BCUT2D eigenvalue weighted by Crippen LogP contribution is 2.31. The highest BCUT2D eigenvalue weighted by molar-refractivity contribution is 7.93.